The fraction of sp³-hybridized carbons (Fsp3) is 0.556. The van der Waals surface area contributed by atoms with Crippen LogP contribution in [0, 0.1) is 0 Å². The maximum atomic E-state index is 12.5. The quantitative estimate of drug-likeness (QED) is 0.807. The highest BCUT2D eigenvalue weighted by Gasteiger charge is 2.25. The molecule has 7 heteroatoms. The van der Waals surface area contributed by atoms with Gasteiger partial charge in [0.2, 0.25) is 11.8 Å². The molecule has 2 amide bonds. The van der Waals surface area contributed by atoms with Crippen molar-refractivity contribution in [2.75, 3.05) is 63.8 Å². The highest BCUT2D eigenvalue weighted by atomic mass is 35.5. The van der Waals surface area contributed by atoms with E-state index < -0.39 is 0 Å². The first-order valence-corrected chi connectivity index (χ1v) is 9.17. The molecule has 0 atom stereocenters. The number of carbonyl (C=O) groups excluding carboxylic acids is 2. The first kappa shape index (κ1) is 18.0. The molecule has 1 aromatic carbocycles. The lowest BCUT2D eigenvalue weighted by Crippen LogP contribution is -2.54. The van der Waals surface area contributed by atoms with Crippen molar-refractivity contribution in [3.05, 3.63) is 29.3 Å². The smallest absolute Gasteiger partial charge is 0.236 e. The molecule has 0 aliphatic carbocycles. The molecular weight excluding hydrogens is 340 g/mol. The van der Waals surface area contributed by atoms with E-state index in [2.05, 4.69) is 15.9 Å². The van der Waals surface area contributed by atoms with Gasteiger partial charge >= 0.3 is 0 Å². The lowest BCUT2D eigenvalue weighted by atomic mass is 10.2. The molecule has 0 unspecified atom stereocenters. The summed E-state index contributed by atoms with van der Waals surface area (Å²) in [7, 11) is 0. The molecule has 0 aromatic heterocycles. The van der Waals surface area contributed by atoms with Crippen molar-refractivity contribution in [3.8, 4) is 0 Å². The van der Waals surface area contributed by atoms with Crippen LogP contribution in [-0.4, -0.2) is 85.4 Å². The van der Waals surface area contributed by atoms with Crippen LogP contribution in [0.4, 0.5) is 5.69 Å². The first-order chi connectivity index (χ1) is 12.0. The topological polar surface area (TPSA) is 47.1 Å². The molecule has 1 aromatic rings. The predicted octanol–water partition coefficient (Wildman–Crippen LogP) is 1.15. The lowest BCUT2D eigenvalue weighted by Gasteiger charge is -2.38. The van der Waals surface area contributed by atoms with Crippen LogP contribution in [0.25, 0.3) is 0 Å². The number of hydrogen-bond acceptors (Lipinski definition) is 4. The minimum Gasteiger partial charge on any atom is -0.368 e. The zero-order chi connectivity index (χ0) is 17.8. The normalized spacial score (nSPS) is 19.2. The maximum Gasteiger partial charge on any atom is 0.236 e. The van der Waals surface area contributed by atoms with Crippen LogP contribution in [0.2, 0.25) is 5.02 Å². The first-order valence-electron chi connectivity index (χ1n) is 8.79. The van der Waals surface area contributed by atoms with Gasteiger partial charge < -0.3 is 14.7 Å². The average molecular weight is 365 g/mol. The van der Waals surface area contributed by atoms with Gasteiger partial charge in [-0.15, -0.1) is 0 Å². The average Bonchev–Trinajstić information content (AvgIpc) is 2.62. The van der Waals surface area contributed by atoms with Crippen LogP contribution in [0.5, 0.6) is 0 Å². The Bertz CT molecular complexity index is 623. The number of hydrogen-bond donors (Lipinski definition) is 0. The van der Waals surface area contributed by atoms with E-state index in [9.17, 15) is 9.59 Å². The minimum atomic E-state index is 0.114. The number of nitrogens with zero attached hydrogens (tertiary/aromatic N) is 4. The maximum absolute atomic E-state index is 12.5. The second kappa shape index (κ2) is 8.06. The fourth-order valence-electron chi connectivity index (χ4n) is 3.40. The molecule has 2 aliphatic rings. The van der Waals surface area contributed by atoms with E-state index in [1.165, 1.54) is 0 Å². The zero-order valence-electron chi connectivity index (χ0n) is 14.7. The minimum absolute atomic E-state index is 0.114. The van der Waals surface area contributed by atoms with Crippen molar-refractivity contribution in [3.63, 3.8) is 0 Å². The number of rotatable bonds is 3. The summed E-state index contributed by atoms with van der Waals surface area (Å²) in [6.07, 6.45) is 0. The molecule has 0 bridgehead atoms. The molecule has 6 nitrogen and oxygen atoms in total. The van der Waals surface area contributed by atoms with Gasteiger partial charge in [0.15, 0.2) is 0 Å². The molecule has 3 rings (SSSR count). The number of benzene rings is 1. The van der Waals surface area contributed by atoms with E-state index >= 15 is 0 Å². The van der Waals surface area contributed by atoms with E-state index in [4.69, 9.17) is 11.6 Å². The molecule has 0 N–H and O–H groups in total. The molecule has 0 radical (unpaired) electrons. The van der Waals surface area contributed by atoms with Crippen LogP contribution < -0.4 is 4.90 Å². The van der Waals surface area contributed by atoms with Crippen LogP contribution in [0.1, 0.15) is 6.92 Å². The van der Waals surface area contributed by atoms with Gasteiger partial charge in [0, 0.05) is 70.0 Å². The number of piperazine rings is 2. The summed E-state index contributed by atoms with van der Waals surface area (Å²) >= 11 is 6.06. The van der Waals surface area contributed by atoms with E-state index in [0.717, 1.165) is 50.0 Å². The second-order valence-corrected chi connectivity index (χ2v) is 7.07. The lowest BCUT2D eigenvalue weighted by molar-refractivity contribution is -0.134. The van der Waals surface area contributed by atoms with E-state index in [1.807, 2.05) is 28.0 Å². The van der Waals surface area contributed by atoms with Gasteiger partial charge in [0.25, 0.3) is 0 Å². The highest BCUT2D eigenvalue weighted by Crippen LogP contribution is 2.20. The molecule has 2 aliphatic heterocycles. The van der Waals surface area contributed by atoms with E-state index in [1.54, 1.807) is 6.92 Å². The largest absolute Gasteiger partial charge is 0.368 e. The third-order valence-corrected chi connectivity index (χ3v) is 5.22. The summed E-state index contributed by atoms with van der Waals surface area (Å²) in [5.74, 6) is 0.296. The Labute approximate surface area is 153 Å². The van der Waals surface area contributed by atoms with E-state index in [0.29, 0.717) is 19.6 Å². The number of anilines is 1. The van der Waals surface area contributed by atoms with Gasteiger partial charge in [0.05, 0.1) is 6.54 Å². The monoisotopic (exact) mass is 364 g/mol. The van der Waals surface area contributed by atoms with Crippen LogP contribution in [0.3, 0.4) is 0 Å². The number of halogens is 1. The van der Waals surface area contributed by atoms with Crippen molar-refractivity contribution < 1.29 is 9.59 Å². The Morgan fingerprint density at radius 3 is 2.20 bits per heavy atom. The van der Waals surface area contributed by atoms with Gasteiger partial charge in [-0.1, -0.05) is 17.7 Å². The molecular formula is C18H25ClN4O2. The summed E-state index contributed by atoms with van der Waals surface area (Å²) < 4.78 is 0. The molecule has 2 fully saturated rings. The van der Waals surface area contributed by atoms with Gasteiger partial charge in [-0.25, -0.2) is 0 Å². The molecule has 136 valence electrons. The second-order valence-electron chi connectivity index (χ2n) is 6.63. The summed E-state index contributed by atoms with van der Waals surface area (Å²) in [5, 5.41) is 0.737. The number of amides is 2. The third-order valence-electron chi connectivity index (χ3n) is 4.98. The molecule has 2 heterocycles. The SMILES string of the molecule is CC(=O)N1CCN(CC(=O)N2CCN(c3cccc(Cl)c3)CC2)CC1. The molecule has 2 saturated heterocycles. The van der Waals surface area contributed by atoms with Gasteiger partial charge in [-0.2, -0.15) is 0 Å². The Morgan fingerprint density at radius 1 is 0.960 bits per heavy atom. The standard InChI is InChI=1S/C18H25ClN4O2/c1-15(24)21-7-5-20(6-8-21)14-18(25)23-11-9-22(10-12-23)17-4-2-3-16(19)13-17/h2-4,13H,5-12,14H2,1H3. The van der Waals surface area contributed by atoms with Crippen molar-refractivity contribution in [1.82, 2.24) is 14.7 Å². The predicted molar refractivity (Wildman–Crippen MR) is 98.9 cm³/mol. The van der Waals surface area contributed by atoms with Gasteiger partial charge in [-0.3, -0.25) is 14.5 Å². The summed E-state index contributed by atoms with van der Waals surface area (Å²) in [6, 6.07) is 7.85. The van der Waals surface area contributed by atoms with Crippen molar-refractivity contribution in [2.24, 2.45) is 0 Å². The van der Waals surface area contributed by atoms with Crippen LogP contribution in [-0.2, 0) is 9.59 Å². The van der Waals surface area contributed by atoms with Crippen molar-refractivity contribution in [2.45, 2.75) is 6.92 Å². The Hall–Kier alpha value is -1.79. The van der Waals surface area contributed by atoms with Crippen LogP contribution >= 0.6 is 11.6 Å². The van der Waals surface area contributed by atoms with Gasteiger partial charge in [0.1, 0.15) is 0 Å². The summed E-state index contributed by atoms with van der Waals surface area (Å²) in [6.45, 7) is 8.13. The third kappa shape index (κ3) is 4.64. The fourth-order valence-corrected chi connectivity index (χ4v) is 3.58. The van der Waals surface area contributed by atoms with Crippen molar-refractivity contribution >= 4 is 29.1 Å². The molecule has 0 saturated carbocycles. The van der Waals surface area contributed by atoms with E-state index in [-0.39, 0.29) is 11.8 Å². The van der Waals surface area contributed by atoms with Crippen molar-refractivity contribution in [1.29, 1.82) is 0 Å². The zero-order valence-corrected chi connectivity index (χ0v) is 15.4. The van der Waals surface area contributed by atoms with Gasteiger partial charge in [-0.05, 0) is 18.2 Å². The van der Waals surface area contributed by atoms with Crippen LogP contribution in [0.15, 0.2) is 24.3 Å². The highest BCUT2D eigenvalue weighted by molar-refractivity contribution is 6.30. The summed E-state index contributed by atoms with van der Waals surface area (Å²) in [4.78, 5) is 32.1. The summed E-state index contributed by atoms with van der Waals surface area (Å²) in [5.41, 5.74) is 1.11. The Balaban J connectivity index is 1.45. The number of carbonyl (C=O) groups is 2. The Morgan fingerprint density at radius 2 is 1.60 bits per heavy atom. The molecule has 25 heavy (non-hydrogen) atoms. The molecule has 0 spiro atoms. The Kier molecular flexibility index (Phi) is 5.81.